The van der Waals surface area contributed by atoms with E-state index >= 15 is 0 Å². The summed E-state index contributed by atoms with van der Waals surface area (Å²) >= 11 is 0. The Bertz CT molecular complexity index is 995. The highest BCUT2D eigenvalue weighted by atomic mass is 19.1. The van der Waals surface area contributed by atoms with Crippen molar-refractivity contribution in [2.75, 3.05) is 52.4 Å². The van der Waals surface area contributed by atoms with E-state index in [0.29, 0.717) is 52.1 Å². The Balaban J connectivity index is 1.19. The number of carbonyl (C=O) groups excluding carboxylic acids is 2. The molecule has 5 rings (SSSR count). The molecule has 0 saturated carbocycles. The van der Waals surface area contributed by atoms with Gasteiger partial charge in [-0.3, -0.25) is 9.69 Å². The van der Waals surface area contributed by atoms with Crippen LogP contribution in [0.5, 0.6) is 0 Å². The predicted molar refractivity (Wildman–Crippen MR) is 133 cm³/mol. The molecular weight excluding hydrogens is 462 g/mol. The fraction of sp³-hybridized carbons (Fsp3) is 0.500. The molecular formula is C28H34F2N4O2. The third-order valence-corrected chi connectivity index (χ3v) is 7.85. The number of likely N-dealkylation sites (tertiary alicyclic amines) is 2. The summed E-state index contributed by atoms with van der Waals surface area (Å²) in [7, 11) is 0. The Morgan fingerprint density at radius 1 is 0.639 bits per heavy atom. The zero-order valence-corrected chi connectivity index (χ0v) is 20.6. The van der Waals surface area contributed by atoms with Crippen LogP contribution in [0, 0.1) is 17.6 Å². The summed E-state index contributed by atoms with van der Waals surface area (Å²) < 4.78 is 27.2. The zero-order valence-electron chi connectivity index (χ0n) is 20.6. The monoisotopic (exact) mass is 496 g/mol. The molecule has 3 fully saturated rings. The van der Waals surface area contributed by atoms with Gasteiger partial charge in [-0.15, -0.1) is 0 Å². The third kappa shape index (κ3) is 5.38. The average molecular weight is 497 g/mol. The van der Waals surface area contributed by atoms with E-state index in [-0.39, 0.29) is 35.5 Å². The van der Waals surface area contributed by atoms with Gasteiger partial charge in [-0.2, -0.15) is 0 Å². The topological polar surface area (TPSA) is 47.1 Å². The van der Waals surface area contributed by atoms with Gasteiger partial charge >= 0.3 is 6.03 Å². The van der Waals surface area contributed by atoms with E-state index in [9.17, 15) is 18.4 Å². The first-order valence-electron chi connectivity index (χ1n) is 13.1. The van der Waals surface area contributed by atoms with Gasteiger partial charge in [0.25, 0.3) is 0 Å². The van der Waals surface area contributed by atoms with E-state index in [2.05, 4.69) is 4.90 Å². The molecule has 8 heteroatoms. The van der Waals surface area contributed by atoms with Gasteiger partial charge in [-0.05, 0) is 61.1 Å². The number of halogens is 2. The smallest absolute Gasteiger partial charge is 0.319 e. The van der Waals surface area contributed by atoms with Crippen molar-refractivity contribution in [1.82, 2.24) is 19.6 Å². The second kappa shape index (κ2) is 10.9. The molecule has 0 radical (unpaired) electrons. The summed E-state index contributed by atoms with van der Waals surface area (Å²) in [6.07, 6.45) is 3.59. The van der Waals surface area contributed by atoms with Crippen LogP contribution in [0.4, 0.5) is 13.6 Å². The lowest BCUT2D eigenvalue weighted by Crippen LogP contribution is -2.53. The summed E-state index contributed by atoms with van der Waals surface area (Å²) in [5.74, 6) is -0.437. The van der Waals surface area contributed by atoms with E-state index < -0.39 is 0 Å². The van der Waals surface area contributed by atoms with Gasteiger partial charge in [0.2, 0.25) is 5.91 Å². The number of carbonyl (C=O) groups is 2. The summed E-state index contributed by atoms with van der Waals surface area (Å²) in [6, 6.07) is 12.9. The molecule has 6 nitrogen and oxygen atoms in total. The number of benzene rings is 2. The molecule has 0 aliphatic carbocycles. The van der Waals surface area contributed by atoms with Gasteiger partial charge in [0, 0.05) is 58.3 Å². The average Bonchev–Trinajstić information content (AvgIpc) is 3.46. The number of piperidine rings is 1. The summed E-state index contributed by atoms with van der Waals surface area (Å²) in [4.78, 5) is 34.0. The van der Waals surface area contributed by atoms with Gasteiger partial charge < -0.3 is 14.7 Å². The van der Waals surface area contributed by atoms with Crippen molar-refractivity contribution in [3.8, 4) is 0 Å². The minimum Gasteiger partial charge on any atom is -0.340 e. The largest absolute Gasteiger partial charge is 0.340 e. The fourth-order valence-corrected chi connectivity index (χ4v) is 5.79. The standard InChI is InChI=1S/C28H34F2N4O2/c29-24-7-3-21(4-8-24)26(22-5-9-25(30)10-6-22)31-17-19-32(20-18-31)27(35)23-11-15-34(16-12-23)28(36)33-13-1-2-14-33/h3-10,23,26H,1-2,11-20H2. The van der Waals surface area contributed by atoms with Crippen LogP contribution >= 0.6 is 0 Å². The third-order valence-electron chi connectivity index (χ3n) is 7.85. The maximum absolute atomic E-state index is 13.6. The lowest BCUT2D eigenvalue weighted by atomic mass is 9.94. The molecule has 2 aromatic carbocycles. The van der Waals surface area contributed by atoms with E-state index in [0.717, 1.165) is 37.1 Å². The molecule has 3 aliphatic rings. The Morgan fingerprint density at radius 2 is 1.11 bits per heavy atom. The first-order valence-corrected chi connectivity index (χ1v) is 13.1. The molecule has 0 N–H and O–H groups in total. The minimum absolute atomic E-state index is 0.0378. The van der Waals surface area contributed by atoms with E-state index in [1.165, 1.54) is 24.3 Å². The first kappa shape index (κ1) is 24.7. The number of hydrogen-bond acceptors (Lipinski definition) is 3. The highest BCUT2D eigenvalue weighted by Crippen LogP contribution is 2.31. The van der Waals surface area contributed by atoms with Crippen molar-refractivity contribution in [2.45, 2.75) is 31.7 Å². The Labute approximate surface area is 211 Å². The Kier molecular flexibility index (Phi) is 7.51. The van der Waals surface area contributed by atoms with Crippen molar-refractivity contribution in [3.05, 3.63) is 71.3 Å². The molecule has 192 valence electrons. The van der Waals surface area contributed by atoms with E-state index in [4.69, 9.17) is 0 Å². The van der Waals surface area contributed by atoms with Crippen LogP contribution in [0.15, 0.2) is 48.5 Å². The molecule has 3 aliphatic heterocycles. The van der Waals surface area contributed by atoms with Crippen molar-refractivity contribution >= 4 is 11.9 Å². The summed E-state index contributed by atoms with van der Waals surface area (Å²) in [5, 5.41) is 0. The highest BCUT2D eigenvalue weighted by Gasteiger charge is 2.34. The van der Waals surface area contributed by atoms with Crippen LogP contribution in [0.1, 0.15) is 42.9 Å². The highest BCUT2D eigenvalue weighted by molar-refractivity contribution is 5.80. The lowest BCUT2D eigenvalue weighted by molar-refractivity contribution is -0.139. The number of rotatable bonds is 4. The van der Waals surface area contributed by atoms with Crippen molar-refractivity contribution < 1.29 is 18.4 Å². The summed E-state index contributed by atoms with van der Waals surface area (Å²) in [6.45, 7) is 5.56. The molecule has 3 saturated heterocycles. The maximum Gasteiger partial charge on any atom is 0.319 e. The van der Waals surface area contributed by atoms with Crippen molar-refractivity contribution in [3.63, 3.8) is 0 Å². The zero-order chi connectivity index (χ0) is 25.1. The number of hydrogen-bond donors (Lipinski definition) is 0. The number of amides is 3. The van der Waals surface area contributed by atoms with Crippen molar-refractivity contribution in [2.24, 2.45) is 5.92 Å². The van der Waals surface area contributed by atoms with Gasteiger partial charge in [-0.25, -0.2) is 13.6 Å². The second-order valence-electron chi connectivity index (χ2n) is 10.1. The van der Waals surface area contributed by atoms with Crippen LogP contribution in [-0.2, 0) is 4.79 Å². The molecule has 3 heterocycles. The van der Waals surface area contributed by atoms with Gasteiger partial charge in [-0.1, -0.05) is 24.3 Å². The molecule has 0 atom stereocenters. The van der Waals surface area contributed by atoms with Crippen LogP contribution in [0.2, 0.25) is 0 Å². The van der Waals surface area contributed by atoms with Gasteiger partial charge in [0.1, 0.15) is 11.6 Å². The number of urea groups is 1. The van der Waals surface area contributed by atoms with Gasteiger partial charge in [0.15, 0.2) is 0 Å². The lowest BCUT2D eigenvalue weighted by Gasteiger charge is -2.42. The second-order valence-corrected chi connectivity index (χ2v) is 10.1. The molecule has 3 amide bonds. The quantitative estimate of drug-likeness (QED) is 0.640. The fourth-order valence-electron chi connectivity index (χ4n) is 5.79. The van der Waals surface area contributed by atoms with Crippen LogP contribution < -0.4 is 0 Å². The SMILES string of the molecule is O=C(C1CCN(C(=O)N2CCCC2)CC1)N1CCN(C(c2ccc(F)cc2)c2ccc(F)cc2)CC1. The number of nitrogens with zero attached hydrogens (tertiary/aromatic N) is 4. The van der Waals surface area contributed by atoms with Crippen LogP contribution in [0.3, 0.4) is 0 Å². The summed E-state index contributed by atoms with van der Waals surface area (Å²) in [5.41, 5.74) is 1.88. The molecule has 0 aromatic heterocycles. The van der Waals surface area contributed by atoms with Gasteiger partial charge in [0.05, 0.1) is 6.04 Å². The number of piperazine rings is 1. The van der Waals surface area contributed by atoms with E-state index in [1.54, 1.807) is 24.3 Å². The minimum atomic E-state index is -0.291. The van der Waals surface area contributed by atoms with Crippen LogP contribution in [-0.4, -0.2) is 83.9 Å². The van der Waals surface area contributed by atoms with Crippen molar-refractivity contribution in [1.29, 1.82) is 0 Å². The molecule has 36 heavy (non-hydrogen) atoms. The maximum atomic E-state index is 13.6. The Hall–Kier alpha value is -3.00. The molecule has 0 spiro atoms. The van der Waals surface area contributed by atoms with Crippen LogP contribution in [0.25, 0.3) is 0 Å². The predicted octanol–water partition coefficient (Wildman–Crippen LogP) is 4.13. The Morgan fingerprint density at radius 3 is 1.61 bits per heavy atom. The molecule has 2 aromatic rings. The van der Waals surface area contributed by atoms with E-state index in [1.807, 2.05) is 14.7 Å². The molecule has 0 bridgehead atoms. The first-order chi connectivity index (χ1) is 17.5. The normalized spacial score (nSPS) is 19.8. The molecule has 0 unspecified atom stereocenters.